The van der Waals surface area contributed by atoms with Gasteiger partial charge in [-0.25, -0.2) is 0 Å². The third-order valence-corrected chi connectivity index (χ3v) is 2.71. The molecule has 12 heavy (non-hydrogen) atoms. The Morgan fingerprint density at radius 3 is 2.75 bits per heavy atom. The number of aliphatic hydroxyl groups excluding tert-OH is 1. The maximum atomic E-state index is 9.38. The Labute approximate surface area is 73.1 Å². The molecule has 1 aliphatic carbocycles. The molecule has 0 aromatic rings. The SMILES string of the molecule is OC1COCC1NCCC1CC1. The summed E-state index contributed by atoms with van der Waals surface area (Å²) in [5.74, 6) is 0.969. The summed E-state index contributed by atoms with van der Waals surface area (Å²) in [7, 11) is 0. The second kappa shape index (κ2) is 3.73. The first-order valence-electron chi connectivity index (χ1n) is 4.85. The van der Waals surface area contributed by atoms with Gasteiger partial charge in [0.25, 0.3) is 0 Å². The van der Waals surface area contributed by atoms with Crippen LogP contribution in [0.1, 0.15) is 19.3 Å². The summed E-state index contributed by atoms with van der Waals surface area (Å²) in [5.41, 5.74) is 0. The maximum Gasteiger partial charge on any atom is 0.0948 e. The third-order valence-electron chi connectivity index (χ3n) is 2.71. The predicted octanol–water partition coefficient (Wildman–Crippen LogP) is 0.136. The van der Waals surface area contributed by atoms with E-state index >= 15 is 0 Å². The van der Waals surface area contributed by atoms with Gasteiger partial charge in [0.2, 0.25) is 0 Å². The van der Waals surface area contributed by atoms with Gasteiger partial charge in [-0.15, -0.1) is 0 Å². The van der Waals surface area contributed by atoms with Gasteiger partial charge in [-0.3, -0.25) is 0 Å². The van der Waals surface area contributed by atoms with Gasteiger partial charge < -0.3 is 15.2 Å². The molecule has 0 bridgehead atoms. The standard InChI is InChI=1S/C9H17NO2/c11-9-6-12-5-8(9)10-4-3-7-1-2-7/h7-11H,1-6H2. The smallest absolute Gasteiger partial charge is 0.0948 e. The van der Waals surface area contributed by atoms with Gasteiger partial charge in [-0.05, 0) is 18.9 Å². The molecule has 2 fully saturated rings. The monoisotopic (exact) mass is 171 g/mol. The van der Waals surface area contributed by atoms with E-state index in [1.807, 2.05) is 0 Å². The lowest BCUT2D eigenvalue weighted by molar-refractivity contribution is 0.122. The van der Waals surface area contributed by atoms with Crippen molar-refractivity contribution in [2.24, 2.45) is 5.92 Å². The average Bonchev–Trinajstić information content (AvgIpc) is 2.78. The molecule has 0 aromatic heterocycles. The van der Waals surface area contributed by atoms with Crippen molar-refractivity contribution in [1.82, 2.24) is 5.32 Å². The third kappa shape index (κ3) is 2.19. The number of ether oxygens (including phenoxy) is 1. The summed E-state index contributed by atoms with van der Waals surface area (Å²) in [6, 6.07) is 0.184. The topological polar surface area (TPSA) is 41.5 Å². The first kappa shape index (κ1) is 8.48. The Morgan fingerprint density at radius 1 is 1.33 bits per heavy atom. The van der Waals surface area contributed by atoms with Crippen LogP contribution in [-0.2, 0) is 4.74 Å². The fourth-order valence-corrected chi connectivity index (χ4v) is 1.62. The van der Waals surface area contributed by atoms with Crippen LogP contribution >= 0.6 is 0 Å². The van der Waals surface area contributed by atoms with E-state index in [9.17, 15) is 5.11 Å². The molecule has 1 aliphatic heterocycles. The van der Waals surface area contributed by atoms with Crippen LogP contribution < -0.4 is 5.32 Å². The average molecular weight is 171 g/mol. The first-order valence-corrected chi connectivity index (χ1v) is 4.85. The Kier molecular flexibility index (Phi) is 2.63. The van der Waals surface area contributed by atoms with E-state index < -0.39 is 0 Å². The van der Waals surface area contributed by atoms with E-state index in [0.29, 0.717) is 13.2 Å². The molecule has 1 saturated heterocycles. The molecule has 0 spiro atoms. The second-order valence-electron chi connectivity index (χ2n) is 3.90. The highest BCUT2D eigenvalue weighted by molar-refractivity contribution is 4.82. The molecule has 0 aromatic carbocycles. The number of hydrogen-bond donors (Lipinski definition) is 2. The zero-order valence-electron chi connectivity index (χ0n) is 7.33. The molecular formula is C9H17NO2. The zero-order valence-corrected chi connectivity index (χ0v) is 7.33. The summed E-state index contributed by atoms with van der Waals surface area (Å²) in [6.07, 6.45) is 3.80. The van der Waals surface area contributed by atoms with Gasteiger partial charge in [-0.2, -0.15) is 0 Å². The van der Waals surface area contributed by atoms with E-state index in [2.05, 4.69) is 5.32 Å². The summed E-state index contributed by atoms with van der Waals surface area (Å²) in [6.45, 7) is 2.21. The van der Waals surface area contributed by atoms with E-state index in [-0.39, 0.29) is 12.1 Å². The summed E-state index contributed by atoms with van der Waals surface area (Å²) < 4.78 is 5.13. The Bertz CT molecular complexity index is 147. The molecule has 2 atom stereocenters. The highest BCUT2D eigenvalue weighted by atomic mass is 16.5. The minimum Gasteiger partial charge on any atom is -0.389 e. The van der Waals surface area contributed by atoms with Crippen LogP contribution in [0, 0.1) is 5.92 Å². The largest absolute Gasteiger partial charge is 0.389 e. The molecule has 70 valence electrons. The number of hydrogen-bond acceptors (Lipinski definition) is 3. The van der Waals surface area contributed by atoms with Gasteiger partial charge in [0, 0.05) is 0 Å². The van der Waals surface area contributed by atoms with Crippen molar-refractivity contribution in [1.29, 1.82) is 0 Å². The number of aliphatic hydroxyl groups is 1. The van der Waals surface area contributed by atoms with Gasteiger partial charge in [-0.1, -0.05) is 12.8 Å². The quantitative estimate of drug-likeness (QED) is 0.632. The molecule has 2 N–H and O–H groups in total. The van der Waals surface area contributed by atoms with E-state index in [0.717, 1.165) is 12.5 Å². The fraction of sp³-hybridized carbons (Fsp3) is 1.00. The van der Waals surface area contributed by atoms with Crippen LogP contribution in [0.15, 0.2) is 0 Å². The minimum absolute atomic E-state index is 0.184. The van der Waals surface area contributed by atoms with E-state index in [4.69, 9.17) is 4.74 Å². The molecule has 0 radical (unpaired) electrons. The normalized spacial score (nSPS) is 35.8. The molecule has 2 unspecified atom stereocenters. The Balaban J connectivity index is 1.58. The molecule has 3 heteroatoms. The second-order valence-corrected chi connectivity index (χ2v) is 3.90. The number of nitrogens with one attached hydrogen (secondary N) is 1. The molecule has 2 aliphatic rings. The van der Waals surface area contributed by atoms with E-state index in [1.165, 1.54) is 19.3 Å². The Hall–Kier alpha value is -0.120. The van der Waals surface area contributed by atoms with Crippen molar-refractivity contribution >= 4 is 0 Å². The molecule has 1 saturated carbocycles. The van der Waals surface area contributed by atoms with E-state index in [1.54, 1.807) is 0 Å². The van der Waals surface area contributed by atoms with Crippen molar-refractivity contribution in [3.63, 3.8) is 0 Å². The first-order chi connectivity index (χ1) is 5.86. The lowest BCUT2D eigenvalue weighted by Crippen LogP contribution is -2.39. The summed E-state index contributed by atoms with van der Waals surface area (Å²) in [4.78, 5) is 0. The highest BCUT2D eigenvalue weighted by Gasteiger charge is 2.26. The Morgan fingerprint density at radius 2 is 2.17 bits per heavy atom. The van der Waals surface area contributed by atoms with Crippen LogP contribution in [0.5, 0.6) is 0 Å². The van der Waals surface area contributed by atoms with Crippen molar-refractivity contribution in [3.8, 4) is 0 Å². The predicted molar refractivity (Wildman–Crippen MR) is 46.0 cm³/mol. The molecular weight excluding hydrogens is 154 g/mol. The van der Waals surface area contributed by atoms with Crippen molar-refractivity contribution in [3.05, 3.63) is 0 Å². The zero-order chi connectivity index (χ0) is 8.39. The maximum absolute atomic E-state index is 9.38. The van der Waals surface area contributed by atoms with Crippen molar-refractivity contribution in [2.75, 3.05) is 19.8 Å². The van der Waals surface area contributed by atoms with Crippen LogP contribution in [0.3, 0.4) is 0 Å². The summed E-state index contributed by atoms with van der Waals surface area (Å²) in [5, 5.41) is 12.7. The van der Waals surface area contributed by atoms with Crippen molar-refractivity contribution < 1.29 is 9.84 Å². The highest BCUT2D eigenvalue weighted by Crippen LogP contribution is 2.31. The van der Waals surface area contributed by atoms with Crippen LogP contribution in [0.25, 0.3) is 0 Å². The van der Waals surface area contributed by atoms with Crippen LogP contribution in [0.2, 0.25) is 0 Å². The summed E-state index contributed by atoms with van der Waals surface area (Å²) >= 11 is 0. The van der Waals surface area contributed by atoms with Gasteiger partial charge in [0.15, 0.2) is 0 Å². The fourth-order valence-electron chi connectivity index (χ4n) is 1.62. The lowest BCUT2D eigenvalue weighted by atomic mass is 10.2. The van der Waals surface area contributed by atoms with Crippen molar-refractivity contribution in [2.45, 2.75) is 31.4 Å². The van der Waals surface area contributed by atoms with Crippen LogP contribution in [-0.4, -0.2) is 37.0 Å². The molecule has 2 rings (SSSR count). The molecule has 3 nitrogen and oxygen atoms in total. The minimum atomic E-state index is -0.288. The van der Waals surface area contributed by atoms with Gasteiger partial charge in [0.05, 0.1) is 25.4 Å². The van der Waals surface area contributed by atoms with Crippen LogP contribution in [0.4, 0.5) is 0 Å². The lowest BCUT2D eigenvalue weighted by Gasteiger charge is -2.13. The molecule has 1 heterocycles. The van der Waals surface area contributed by atoms with Gasteiger partial charge in [0.1, 0.15) is 0 Å². The molecule has 0 amide bonds. The number of rotatable bonds is 4. The van der Waals surface area contributed by atoms with Gasteiger partial charge >= 0.3 is 0 Å².